The van der Waals surface area contributed by atoms with E-state index in [2.05, 4.69) is 49.3 Å². The van der Waals surface area contributed by atoms with Crippen LogP contribution in [0.5, 0.6) is 0 Å². The molecule has 0 bridgehead atoms. The molecule has 32 heavy (non-hydrogen) atoms. The summed E-state index contributed by atoms with van der Waals surface area (Å²) in [7, 11) is 0. The average molecular weight is 423 g/mol. The molecule has 5 heterocycles. The van der Waals surface area contributed by atoms with Gasteiger partial charge < -0.3 is 9.64 Å². The normalized spacial score (nSPS) is 14.2. The van der Waals surface area contributed by atoms with Crippen LogP contribution in [0, 0.1) is 0 Å². The third kappa shape index (κ3) is 3.30. The Balaban J connectivity index is 1.34. The quantitative estimate of drug-likeness (QED) is 0.475. The Bertz CT molecular complexity index is 1350. The number of morpholine rings is 1. The molecule has 5 aromatic rings. The van der Waals surface area contributed by atoms with E-state index in [-0.39, 0.29) is 0 Å². The number of anilines is 1. The minimum absolute atomic E-state index is 0.746. The number of aromatic nitrogens is 6. The molecule has 1 N–H and O–H groups in total. The fourth-order valence-electron chi connectivity index (χ4n) is 4.09. The summed E-state index contributed by atoms with van der Waals surface area (Å²) >= 11 is 0. The third-order valence-corrected chi connectivity index (χ3v) is 5.76. The van der Waals surface area contributed by atoms with Crippen molar-refractivity contribution in [2.45, 2.75) is 0 Å². The highest BCUT2D eigenvalue weighted by atomic mass is 16.5. The van der Waals surface area contributed by atoms with Crippen LogP contribution in [0.15, 0.2) is 73.3 Å². The molecule has 1 fully saturated rings. The maximum atomic E-state index is 5.43. The molecule has 0 unspecified atom stereocenters. The molecule has 1 saturated heterocycles. The minimum Gasteiger partial charge on any atom is -0.378 e. The second-order valence-electron chi connectivity index (χ2n) is 7.67. The van der Waals surface area contributed by atoms with Crippen molar-refractivity contribution in [1.29, 1.82) is 0 Å². The molecule has 8 heteroatoms. The van der Waals surface area contributed by atoms with Gasteiger partial charge in [0, 0.05) is 47.7 Å². The summed E-state index contributed by atoms with van der Waals surface area (Å²) in [6.07, 6.45) is 7.44. The van der Waals surface area contributed by atoms with Gasteiger partial charge in [0.15, 0.2) is 5.65 Å². The van der Waals surface area contributed by atoms with Gasteiger partial charge in [0.1, 0.15) is 5.82 Å². The highest BCUT2D eigenvalue weighted by molar-refractivity contribution is 5.81. The van der Waals surface area contributed by atoms with Crippen LogP contribution in [-0.4, -0.2) is 56.1 Å². The largest absolute Gasteiger partial charge is 0.378 e. The monoisotopic (exact) mass is 423 g/mol. The summed E-state index contributed by atoms with van der Waals surface area (Å²) in [6.45, 7) is 3.23. The van der Waals surface area contributed by atoms with Crippen molar-refractivity contribution < 1.29 is 4.74 Å². The number of nitrogens with zero attached hydrogens (tertiary/aromatic N) is 6. The number of ether oxygens (including phenoxy) is 1. The zero-order chi connectivity index (χ0) is 21.3. The maximum Gasteiger partial charge on any atom is 0.154 e. The zero-order valence-corrected chi connectivity index (χ0v) is 17.3. The number of fused-ring (bicyclic) bond motifs is 1. The maximum absolute atomic E-state index is 5.43. The molecule has 158 valence electrons. The molecule has 6 rings (SSSR count). The summed E-state index contributed by atoms with van der Waals surface area (Å²) in [5.74, 6) is 0.976. The summed E-state index contributed by atoms with van der Waals surface area (Å²) in [4.78, 5) is 11.5. The SMILES string of the molecule is c1ccc(-c2cnc3cc(-c4ccc(N5CCOCC5)nc4)cnn23)c(-c2cc[nH]n2)c1. The van der Waals surface area contributed by atoms with Crippen molar-refractivity contribution in [3.8, 4) is 33.6 Å². The van der Waals surface area contributed by atoms with Crippen LogP contribution in [-0.2, 0) is 4.74 Å². The van der Waals surface area contributed by atoms with Crippen LogP contribution in [0.2, 0.25) is 0 Å². The van der Waals surface area contributed by atoms with Crippen molar-refractivity contribution in [2.24, 2.45) is 0 Å². The van der Waals surface area contributed by atoms with Crippen LogP contribution in [0.25, 0.3) is 39.3 Å². The number of rotatable bonds is 4. The van der Waals surface area contributed by atoms with Crippen molar-refractivity contribution in [3.05, 3.63) is 73.3 Å². The molecular weight excluding hydrogens is 402 g/mol. The number of benzene rings is 1. The van der Waals surface area contributed by atoms with Gasteiger partial charge in [0.05, 0.1) is 37.0 Å². The molecule has 1 aliphatic rings. The van der Waals surface area contributed by atoms with Gasteiger partial charge in [-0.25, -0.2) is 14.5 Å². The first-order chi connectivity index (χ1) is 15.9. The van der Waals surface area contributed by atoms with Crippen molar-refractivity contribution in [2.75, 3.05) is 31.2 Å². The topological polar surface area (TPSA) is 84.2 Å². The Kier molecular flexibility index (Phi) is 4.62. The number of hydrogen-bond donors (Lipinski definition) is 1. The van der Waals surface area contributed by atoms with E-state index < -0.39 is 0 Å². The molecule has 0 radical (unpaired) electrons. The summed E-state index contributed by atoms with van der Waals surface area (Å²) in [5, 5.41) is 11.9. The Morgan fingerprint density at radius 1 is 0.844 bits per heavy atom. The molecule has 4 aromatic heterocycles. The van der Waals surface area contributed by atoms with Crippen LogP contribution in [0.4, 0.5) is 5.82 Å². The molecule has 0 saturated carbocycles. The molecule has 8 nitrogen and oxygen atoms in total. The first-order valence-corrected chi connectivity index (χ1v) is 10.6. The first kappa shape index (κ1) is 18.7. The summed E-state index contributed by atoms with van der Waals surface area (Å²) in [6, 6.07) is 16.3. The van der Waals surface area contributed by atoms with Gasteiger partial charge in [-0.1, -0.05) is 24.3 Å². The Hall–Kier alpha value is -4.04. The smallest absolute Gasteiger partial charge is 0.154 e. The molecule has 1 aromatic carbocycles. The molecule has 0 spiro atoms. The second-order valence-corrected chi connectivity index (χ2v) is 7.67. The fourth-order valence-corrected chi connectivity index (χ4v) is 4.09. The standard InChI is InChI=1S/C24H21N7O/c1-2-4-20(19(3-1)21-7-8-27-29-21)22-16-26-24-13-18(15-28-31(22)24)17-5-6-23(25-14-17)30-9-11-32-12-10-30/h1-8,13-16H,9-12H2,(H,27,29). The fraction of sp³-hybridized carbons (Fsp3) is 0.167. The average Bonchev–Trinajstić information content (AvgIpc) is 3.55. The number of imidazole rings is 1. The van der Waals surface area contributed by atoms with Crippen molar-refractivity contribution >= 4 is 11.5 Å². The van der Waals surface area contributed by atoms with Crippen LogP contribution in [0.1, 0.15) is 0 Å². The highest BCUT2D eigenvalue weighted by Crippen LogP contribution is 2.31. The van der Waals surface area contributed by atoms with E-state index in [0.717, 1.165) is 71.4 Å². The molecule has 0 atom stereocenters. The Labute approximate surface area is 184 Å². The number of pyridine rings is 1. The lowest BCUT2D eigenvalue weighted by Crippen LogP contribution is -2.36. The van der Waals surface area contributed by atoms with Crippen LogP contribution >= 0.6 is 0 Å². The van der Waals surface area contributed by atoms with Crippen LogP contribution < -0.4 is 4.90 Å². The lowest BCUT2D eigenvalue weighted by atomic mass is 10.0. The second kappa shape index (κ2) is 7.90. The van der Waals surface area contributed by atoms with Gasteiger partial charge >= 0.3 is 0 Å². The van der Waals surface area contributed by atoms with Gasteiger partial charge in [-0.3, -0.25) is 5.10 Å². The van der Waals surface area contributed by atoms with E-state index in [1.165, 1.54) is 0 Å². The van der Waals surface area contributed by atoms with E-state index >= 15 is 0 Å². The van der Waals surface area contributed by atoms with E-state index in [9.17, 15) is 0 Å². The summed E-state index contributed by atoms with van der Waals surface area (Å²) in [5.41, 5.74) is 6.65. The van der Waals surface area contributed by atoms with Gasteiger partial charge in [0.25, 0.3) is 0 Å². The van der Waals surface area contributed by atoms with Crippen LogP contribution in [0.3, 0.4) is 0 Å². The lowest BCUT2D eigenvalue weighted by Gasteiger charge is -2.27. The predicted octanol–water partition coefficient (Wildman–Crippen LogP) is 3.69. The highest BCUT2D eigenvalue weighted by Gasteiger charge is 2.15. The number of hydrogen-bond acceptors (Lipinski definition) is 6. The van der Waals surface area contributed by atoms with E-state index in [1.54, 1.807) is 0 Å². The Morgan fingerprint density at radius 2 is 1.72 bits per heavy atom. The van der Waals surface area contributed by atoms with Gasteiger partial charge in [-0.05, 0) is 24.3 Å². The zero-order valence-electron chi connectivity index (χ0n) is 17.3. The third-order valence-electron chi connectivity index (χ3n) is 5.76. The number of H-pyrrole nitrogens is 1. The Morgan fingerprint density at radius 3 is 2.50 bits per heavy atom. The van der Waals surface area contributed by atoms with Crippen molar-refractivity contribution in [1.82, 2.24) is 29.8 Å². The lowest BCUT2D eigenvalue weighted by molar-refractivity contribution is 0.122. The van der Waals surface area contributed by atoms with Gasteiger partial charge in [-0.15, -0.1) is 0 Å². The molecule has 0 aliphatic carbocycles. The van der Waals surface area contributed by atoms with Gasteiger partial charge in [0.2, 0.25) is 0 Å². The van der Waals surface area contributed by atoms with Crippen molar-refractivity contribution in [3.63, 3.8) is 0 Å². The number of aromatic amines is 1. The van der Waals surface area contributed by atoms with E-state index in [4.69, 9.17) is 9.84 Å². The van der Waals surface area contributed by atoms with Gasteiger partial charge in [-0.2, -0.15) is 10.2 Å². The number of nitrogens with one attached hydrogen (secondary N) is 1. The predicted molar refractivity (Wildman–Crippen MR) is 122 cm³/mol. The summed E-state index contributed by atoms with van der Waals surface area (Å²) < 4.78 is 7.29. The minimum atomic E-state index is 0.746. The molecule has 1 aliphatic heterocycles. The van der Waals surface area contributed by atoms with E-state index in [0.29, 0.717) is 0 Å². The molecular formula is C24H21N7O. The first-order valence-electron chi connectivity index (χ1n) is 10.6. The van der Waals surface area contributed by atoms with E-state index in [1.807, 2.05) is 53.6 Å². The molecule has 0 amide bonds.